The maximum atomic E-state index is 10.9. The molecule has 4 nitrogen and oxygen atoms in total. The van der Waals surface area contributed by atoms with Gasteiger partial charge in [-0.15, -0.1) is 0 Å². The van der Waals surface area contributed by atoms with E-state index in [0.29, 0.717) is 19.1 Å². The third-order valence-electron chi connectivity index (χ3n) is 2.86. The van der Waals surface area contributed by atoms with Gasteiger partial charge in [0, 0.05) is 16.6 Å². The van der Waals surface area contributed by atoms with Crippen molar-refractivity contribution < 1.29 is 17.9 Å². The average Bonchev–Trinajstić information content (AvgIpc) is 2.57. The van der Waals surface area contributed by atoms with Crippen LogP contribution in [-0.2, 0) is 18.5 Å². The largest absolute Gasteiger partial charge is 0.378 e. The minimum absolute atomic E-state index is 0.0208. The maximum Gasteiger partial charge on any atom is 0.232 e. The summed E-state index contributed by atoms with van der Waals surface area (Å²) in [5.74, 6) is 0.327. The van der Waals surface area contributed by atoms with Crippen molar-refractivity contribution in [3.05, 3.63) is 0 Å². The fourth-order valence-corrected chi connectivity index (χ4v) is 3.11. The Morgan fingerprint density at radius 1 is 1.50 bits per heavy atom. The Labute approximate surface area is 102 Å². The van der Waals surface area contributed by atoms with Crippen LogP contribution in [0.5, 0.6) is 0 Å². The first-order valence-corrected chi connectivity index (χ1v) is 8.02. The standard InChI is InChI=1S/C10H19ClO4S/c1-3-9(7-16(11,12)13)5-15-10-6-14-4-8(10)2/h8-10H,3-7H2,1-2H3. The molecule has 1 aliphatic rings. The first-order chi connectivity index (χ1) is 7.42. The molecule has 6 heteroatoms. The van der Waals surface area contributed by atoms with E-state index in [2.05, 4.69) is 6.92 Å². The fourth-order valence-electron chi connectivity index (χ4n) is 1.68. The number of ether oxygens (including phenoxy) is 2. The van der Waals surface area contributed by atoms with Crippen molar-refractivity contribution in [2.45, 2.75) is 26.4 Å². The first-order valence-electron chi connectivity index (χ1n) is 5.54. The molecular weight excluding hydrogens is 252 g/mol. The van der Waals surface area contributed by atoms with Crippen LogP contribution >= 0.6 is 10.7 Å². The van der Waals surface area contributed by atoms with Gasteiger partial charge in [-0.2, -0.15) is 0 Å². The van der Waals surface area contributed by atoms with Crippen LogP contribution in [0.15, 0.2) is 0 Å². The first kappa shape index (κ1) is 14.2. The van der Waals surface area contributed by atoms with Crippen LogP contribution in [0, 0.1) is 11.8 Å². The molecule has 0 aromatic carbocycles. The zero-order chi connectivity index (χ0) is 12.2. The molecule has 0 aromatic rings. The quantitative estimate of drug-likeness (QED) is 0.689. The molecule has 1 aliphatic heterocycles. The van der Waals surface area contributed by atoms with Gasteiger partial charge >= 0.3 is 0 Å². The summed E-state index contributed by atoms with van der Waals surface area (Å²) in [4.78, 5) is 0. The van der Waals surface area contributed by atoms with Gasteiger partial charge in [0.15, 0.2) is 0 Å². The Balaban J connectivity index is 2.34. The van der Waals surface area contributed by atoms with Crippen LogP contribution in [0.2, 0.25) is 0 Å². The van der Waals surface area contributed by atoms with E-state index < -0.39 is 9.05 Å². The van der Waals surface area contributed by atoms with E-state index in [1.807, 2.05) is 6.92 Å². The van der Waals surface area contributed by atoms with E-state index in [0.717, 1.165) is 13.0 Å². The summed E-state index contributed by atoms with van der Waals surface area (Å²) >= 11 is 0. The number of hydrogen-bond donors (Lipinski definition) is 0. The highest BCUT2D eigenvalue weighted by molar-refractivity contribution is 8.13. The molecular formula is C10H19ClO4S. The van der Waals surface area contributed by atoms with Crippen molar-refractivity contribution in [2.75, 3.05) is 25.6 Å². The lowest BCUT2D eigenvalue weighted by Crippen LogP contribution is -2.25. The molecule has 1 saturated heterocycles. The summed E-state index contributed by atoms with van der Waals surface area (Å²) in [5.41, 5.74) is 0. The monoisotopic (exact) mass is 270 g/mol. The predicted octanol–water partition coefficient (Wildman–Crippen LogP) is 1.63. The van der Waals surface area contributed by atoms with Crippen molar-refractivity contribution in [2.24, 2.45) is 11.8 Å². The summed E-state index contributed by atoms with van der Waals surface area (Å²) in [6, 6.07) is 0. The van der Waals surface area contributed by atoms with Crippen LogP contribution in [-0.4, -0.2) is 40.1 Å². The second kappa shape index (κ2) is 6.19. The molecule has 0 aliphatic carbocycles. The van der Waals surface area contributed by atoms with Gasteiger partial charge in [-0.25, -0.2) is 8.42 Å². The topological polar surface area (TPSA) is 52.6 Å². The van der Waals surface area contributed by atoms with Crippen molar-refractivity contribution in [1.29, 1.82) is 0 Å². The van der Waals surface area contributed by atoms with E-state index in [1.54, 1.807) is 0 Å². The van der Waals surface area contributed by atoms with Crippen LogP contribution in [0.1, 0.15) is 20.3 Å². The molecule has 3 atom stereocenters. The van der Waals surface area contributed by atoms with Gasteiger partial charge in [0.2, 0.25) is 9.05 Å². The molecule has 0 spiro atoms. The highest BCUT2D eigenvalue weighted by Crippen LogP contribution is 2.18. The Morgan fingerprint density at radius 3 is 2.62 bits per heavy atom. The second-order valence-electron chi connectivity index (χ2n) is 4.37. The number of rotatable bonds is 6. The third-order valence-corrected chi connectivity index (χ3v) is 4.10. The lowest BCUT2D eigenvalue weighted by Gasteiger charge is -2.19. The van der Waals surface area contributed by atoms with E-state index in [4.69, 9.17) is 20.2 Å². The normalized spacial score (nSPS) is 28.2. The third kappa shape index (κ3) is 4.99. The molecule has 1 heterocycles. The summed E-state index contributed by atoms with van der Waals surface area (Å²) in [6.07, 6.45) is 0.834. The molecule has 1 fully saturated rings. The highest BCUT2D eigenvalue weighted by atomic mass is 35.7. The molecule has 0 amide bonds. The van der Waals surface area contributed by atoms with Gasteiger partial charge in [-0.1, -0.05) is 20.3 Å². The zero-order valence-corrected chi connectivity index (χ0v) is 11.3. The number of halogens is 1. The summed E-state index contributed by atoms with van der Waals surface area (Å²) in [7, 11) is 1.79. The van der Waals surface area contributed by atoms with Crippen LogP contribution < -0.4 is 0 Å². The SMILES string of the molecule is CCC(COC1COCC1C)CS(=O)(=O)Cl. The highest BCUT2D eigenvalue weighted by Gasteiger charge is 2.26. The zero-order valence-electron chi connectivity index (χ0n) is 9.69. The average molecular weight is 271 g/mol. The van der Waals surface area contributed by atoms with Gasteiger partial charge in [0.05, 0.1) is 31.7 Å². The van der Waals surface area contributed by atoms with E-state index in [-0.39, 0.29) is 17.8 Å². The van der Waals surface area contributed by atoms with Crippen LogP contribution in [0.3, 0.4) is 0 Å². The van der Waals surface area contributed by atoms with Gasteiger partial charge in [0.25, 0.3) is 0 Å². The van der Waals surface area contributed by atoms with Crippen molar-refractivity contribution in [1.82, 2.24) is 0 Å². The van der Waals surface area contributed by atoms with Gasteiger partial charge in [-0.3, -0.25) is 0 Å². The molecule has 96 valence electrons. The number of hydrogen-bond acceptors (Lipinski definition) is 4. The minimum atomic E-state index is -3.43. The molecule has 0 bridgehead atoms. The molecule has 0 radical (unpaired) electrons. The van der Waals surface area contributed by atoms with Crippen molar-refractivity contribution >= 4 is 19.7 Å². The Kier molecular flexibility index (Phi) is 5.50. The lowest BCUT2D eigenvalue weighted by molar-refractivity contribution is 0.0116. The molecule has 0 saturated carbocycles. The predicted molar refractivity (Wildman–Crippen MR) is 63.1 cm³/mol. The molecule has 0 N–H and O–H groups in total. The molecule has 0 aromatic heterocycles. The Morgan fingerprint density at radius 2 is 2.19 bits per heavy atom. The fraction of sp³-hybridized carbons (Fsp3) is 1.00. The molecule has 3 unspecified atom stereocenters. The minimum Gasteiger partial charge on any atom is -0.378 e. The van der Waals surface area contributed by atoms with Crippen LogP contribution in [0.25, 0.3) is 0 Å². The summed E-state index contributed by atoms with van der Waals surface area (Å²) < 4.78 is 32.8. The van der Waals surface area contributed by atoms with E-state index >= 15 is 0 Å². The smallest absolute Gasteiger partial charge is 0.232 e. The Bertz CT molecular complexity index is 304. The Hall–Kier alpha value is 0.160. The van der Waals surface area contributed by atoms with Gasteiger partial charge in [-0.05, 0) is 5.92 Å². The van der Waals surface area contributed by atoms with Gasteiger partial charge in [0.1, 0.15) is 0 Å². The second-order valence-corrected chi connectivity index (χ2v) is 7.19. The molecule has 16 heavy (non-hydrogen) atoms. The van der Waals surface area contributed by atoms with Crippen molar-refractivity contribution in [3.8, 4) is 0 Å². The van der Waals surface area contributed by atoms with Crippen molar-refractivity contribution in [3.63, 3.8) is 0 Å². The van der Waals surface area contributed by atoms with Gasteiger partial charge < -0.3 is 9.47 Å². The van der Waals surface area contributed by atoms with E-state index in [9.17, 15) is 8.42 Å². The lowest BCUT2D eigenvalue weighted by atomic mass is 10.1. The summed E-state index contributed by atoms with van der Waals surface area (Å²) in [6.45, 7) is 5.75. The van der Waals surface area contributed by atoms with Crippen LogP contribution in [0.4, 0.5) is 0 Å². The maximum absolute atomic E-state index is 10.9. The summed E-state index contributed by atoms with van der Waals surface area (Å²) in [5, 5.41) is 0. The van der Waals surface area contributed by atoms with E-state index in [1.165, 1.54) is 0 Å². The molecule has 1 rings (SSSR count).